The Morgan fingerprint density at radius 2 is 1.96 bits per heavy atom. The van der Waals surface area contributed by atoms with E-state index in [0.717, 1.165) is 11.1 Å². The summed E-state index contributed by atoms with van der Waals surface area (Å²) >= 11 is 0. The second-order valence-corrected chi connectivity index (χ2v) is 5.22. The second kappa shape index (κ2) is 6.91. The number of hydrogen-bond donors (Lipinski definition) is 1. The lowest BCUT2D eigenvalue weighted by atomic mass is 10.1. The largest absolute Gasteiger partial charge is 0.497 e. The predicted molar refractivity (Wildman–Crippen MR) is 84.7 cm³/mol. The zero-order valence-corrected chi connectivity index (χ0v) is 13.2. The van der Waals surface area contributed by atoms with Gasteiger partial charge in [0.1, 0.15) is 5.75 Å². The highest BCUT2D eigenvalue weighted by Crippen LogP contribution is 2.19. The number of rotatable bonds is 5. The maximum atomic E-state index is 12.6. The van der Waals surface area contributed by atoms with Gasteiger partial charge in [0.05, 0.1) is 12.7 Å². The highest BCUT2D eigenvalue weighted by Gasteiger charge is 2.17. The third-order valence-corrected chi connectivity index (χ3v) is 3.53. The minimum absolute atomic E-state index is 0.0150. The molecule has 0 unspecified atom stereocenters. The summed E-state index contributed by atoms with van der Waals surface area (Å²) in [5.41, 5.74) is 2.26. The fourth-order valence-corrected chi connectivity index (χ4v) is 2.19. The first-order chi connectivity index (χ1) is 10.9. The van der Waals surface area contributed by atoms with E-state index in [1.165, 1.54) is 30.2 Å². The molecule has 0 fully saturated rings. The normalized spacial score (nSPS) is 10.2. The molecule has 0 radical (unpaired) electrons. The Morgan fingerprint density at radius 1 is 1.26 bits per heavy atom. The molecule has 0 aliphatic carbocycles. The van der Waals surface area contributed by atoms with E-state index in [2.05, 4.69) is 4.98 Å². The van der Waals surface area contributed by atoms with Crippen molar-refractivity contribution in [2.24, 2.45) is 0 Å². The zero-order chi connectivity index (χ0) is 17.0. The number of hydrogen-bond acceptors (Lipinski definition) is 4. The van der Waals surface area contributed by atoms with Crippen molar-refractivity contribution in [3.8, 4) is 5.75 Å². The molecule has 120 valence electrons. The quantitative estimate of drug-likeness (QED) is 0.916. The number of benzene rings is 1. The molecule has 2 aromatic rings. The molecule has 0 bridgehead atoms. The molecule has 23 heavy (non-hydrogen) atoms. The molecular weight excluding hydrogens is 296 g/mol. The summed E-state index contributed by atoms with van der Waals surface area (Å²) in [5, 5.41) is 9.13. The number of aryl methyl sites for hydroxylation is 1. The highest BCUT2D eigenvalue weighted by atomic mass is 16.5. The van der Waals surface area contributed by atoms with Gasteiger partial charge in [0.15, 0.2) is 0 Å². The van der Waals surface area contributed by atoms with Gasteiger partial charge in [-0.1, -0.05) is 0 Å². The standard InChI is InChI=1S/C17H18N2O4/c1-11-9-18-5-4-12(11)10-19(2)16(20)13-6-14(17(21)22)8-15(7-13)23-3/h4-9H,10H2,1-3H3,(H,21,22). The Balaban J connectivity index is 2.27. The lowest BCUT2D eigenvalue weighted by molar-refractivity contribution is 0.0696. The summed E-state index contributed by atoms with van der Waals surface area (Å²) in [5.74, 6) is -1.05. The Morgan fingerprint density at radius 3 is 2.57 bits per heavy atom. The highest BCUT2D eigenvalue weighted by molar-refractivity contribution is 5.98. The Hall–Kier alpha value is -2.89. The average Bonchev–Trinajstić information content (AvgIpc) is 2.55. The molecule has 1 amide bonds. The number of pyridine rings is 1. The van der Waals surface area contributed by atoms with Gasteiger partial charge in [-0.2, -0.15) is 0 Å². The van der Waals surface area contributed by atoms with Crippen LogP contribution in [-0.2, 0) is 6.54 Å². The molecule has 1 heterocycles. The van der Waals surface area contributed by atoms with Gasteiger partial charge in [-0.25, -0.2) is 4.79 Å². The van der Waals surface area contributed by atoms with E-state index >= 15 is 0 Å². The van der Waals surface area contributed by atoms with Crippen LogP contribution in [-0.4, -0.2) is 41.0 Å². The maximum absolute atomic E-state index is 12.6. The number of carboxylic acids is 1. The number of aromatic nitrogens is 1. The van der Waals surface area contributed by atoms with E-state index in [0.29, 0.717) is 12.3 Å². The second-order valence-electron chi connectivity index (χ2n) is 5.22. The van der Waals surface area contributed by atoms with Crippen LogP contribution < -0.4 is 4.74 Å². The average molecular weight is 314 g/mol. The van der Waals surface area contributed by atoms with Gasteiger partial charge in [-0.3, -0.25) is 9.78 Å². The third-order valence-electron chi connectivity index (χ3n) is 3.53. The Labute approximate surface area is 134 Å². The lowest BCUT2D eigenvalue weighted by Crippen LogP contribution is -2.26. The van der Waals surface area contributed by atoms with Gasteiger partial charge in [0.2, 0.25) is 0 Å². The first-order valence-electron chi connectivity index (χ1n) is 6.99. The molecular formula is C17H18N2O4. The van der Waals surface area contributed by atoms with Crippen LogP contribution in [0.3, 0.4) is 0 Å². The number of nitrogens with zero attached hydrogens (tertiary/aromatic N) is 2. The van der Waals surface area contributed by atoms with Crippen LogP contribution in [0, 0.1) is 6.92 Å². The van der Waals surface area contributed by atoms with Crippen LogP contribution in [0.2, 0.25) is 0 Å². The van der Waals surface area contributed by atoms with Gasteiger partial charge in [0, 0.05) is 31.5 Å². The van der Waals surface area contributed by atoms with Crippen LogP contribution in [0.5, 0.6) is 5.75 Å². The number of carboxylic acid groups (broad SMARTS) is 1. The number of carbonyl (C=O) groups is 2. The summed E-state index contributed by atoms with van der Waals surface area (Å²) in [6.07, 6.45) is 3.41. The smallest absolute Gasteiger partial charge is 0.335 e. The van der Waals surface area contributed by atoms with Gasteiger partial charge >= 0.3 is 5.97 Å². The number of methoxy groups -OCH3 is 1. The van der Waals surface area contributed by atoms with Crippen molar-refractivity contribution in [3.05, 3.63) is 58.9 Å². The van der Waals surface area contributed by atoms with Crippen molar-refractivity contribution < 1.29 is 19.4 Å². The minimum Gasteiger partial charge on any atom is -0.497 e. The van der Waals surface area contributed by atoms with Crippen molar-refractivity contribution in [2.75, 3.05) is 14.2 Å². The predicted octanol–water partition coefficient (Wildman–Crippen LogP) is 2.37. The van der Waals surface area contributed by atoms with E-state index < -0.39 is 5.97 Å². The molecule has 0 saturated carbocycles. The maximum Gasteiger partial charge on any atom is 0.335 e. The zero-order valence-electron chi connectivity index (χ0n) is 13.2. The molecule has 0 atom stereocenters. The fourth-order valence-electron chi connectivity index (χ4n) is 2.19. The third kappa shape index (κ3) is 3.85. The van der Waals surface area contributed by atoms with Gasteiger partial charge in [0.25, 0.3) is 5.91 Å². The van der Waals surface area contributed by atoms with Gasteiger partial charge in [-0.15, -0.1) is 0 Å². The monoisotopic (exact) mass is 314 g/mol. The molecule has 1 aromatic carbocycles. The summed E-state index contributed by atoms with van der Waals surface area (Å²) in [6, 6.07) is 6.12. The van der Waals surface area contributed by atoms with Crippen molar-refractivity contribution >= 4 is 11.9 Å². The number of amides is 1. The van der Waals surface area contributed by atoms with Crippen molar-refractivity contribution in [2.45, 2.75) is 13.5 Å². The number of ether oxygens (including phenoxy) is 1. The fraction of sp³-hybridized carbons (Fsp3) is 0.235. The molecule has 0 aliphatic heterocycles. The first-order valence-corrected chi connectivity index (χ1v) is 6.99. The molecule has 6 nitrogen and oxygen atoms in total. The number of aromatic carboxylic acids is 1. The molecule has 1 N–H and O–H groups in total. The van der Waals surface area contributed by atoms with Gasteiger partial charge in [-0.05, 0) is 42.3 Å². The van der Waals surface area contributed by atoms with Crippen LogP contribution in [0.4, 0.5) is 0 Å². The molecule has 0 aliphatic rings. The van der Waals surface area contributed by atoms with E-state index in [1.807, 2.05) is 13.0 Å². The topological polar surface area (TPSA) is 79.7 Å². The minimum atomic E-state index is -1.11. The summed E-state index contributed by atoms with van der Waals surface area (Å²) < 4.78 is 5.07. The lowest BCUT2D eigenvalue weighted by Gasteiger charge is -2.19. The summed E-state index contributed by atoms with van der Waals surface area (Å²) in [7, 11) is 3.10. The summed E-state index contributed by atoms with van der Waals surface area (Å²) in [6.45, 7) is 2.33. The van der Waals surface area contributed by atoms with E-state index in [4.69, 9.17) is 9.84 Å². The molecule has 1 aromatic heterocycles. The Bertz CT molecular complexity index is 743. The number of carbonyl (C=O) groups excluding carboxylic acids is 1. The SMILES string of the molecule is COc1cc(C(=O)O)cc(C(=O)N(C)Cc2ccncc2C)c1. The van der Waals surface area contributed by atoms with Gasteiger partial charge < -0.3 is 14.7 Å². The van der Waals surface area contributed by atoms with Crippen LogP contribution in [0.15, 0.2) is 36.7 Å². The van der Waals surface area contributed by atoms with Crippen LogP contribution in [0.1, 0.15) is 31.8 Å². The molecule has 6 heteroatoms. The molecule has 0 saturated heterocycles. The van der Waals surface area contributed by atoms with Crippen molar-refractivity contribution in [3.63, 3.8) is 0 Å². The van der Waals surface area contributed by atoms with Crippen molar-refractivity contribution in [1.29, 1.82) is 0 Å². The molecule has 0 spiro atoms. The Kier molecular flexibility index (Phi) is 4.95. The van der Waals surface area contributed by atoms with E-state index in [9.17, 15) is 9.59 Å². The van der Waals surface area contributed by atoms with Crippen LogP contribution in [0.25, 0.3) is 0 Å². The molecule has 2 rings (SSSR count). The van der Waals surface area contributed by atoms with Crippen molar-refractivity contribution in [1.82, 2.24) is 9.88 Å². The summed E-state index contributed by atoms with van der Waals surface area (Å²) in [4.78, 5) is 29.3. The van der Waals surface area contributed by atoms with Crippen LogP contribution >= 0.6 is 0 Å². The first kappa shape index (κ1) is 16.5. The van der Waals surface area contributed by atoms with E-state index in [-0.39, 0.29) is 17.0 Å². The van der Waals surface area contributed by atoms with E-state index in [1.54, 1.807) is 19.4 Å².